The lowest BCUT2D eigenvalue weighted by atomic mass is 10.1. The van der Waals surface area contributed by atoms with Crippen molar-refractivity contribution in [1.82, 2.24) is 5.43 Å². The Bertz CT molecular complexity index is 941. The van der Waals surface area contributed by atoms with E-state index in [2.05, 4.69) is 93.6 Å². The Morgan fingerprint density at radius 3 is 1.56 bits per heavy atom. The van der Waals surface area contributed by atoms with Crippen LogP contribution in [0.3, 0.4) is 0 Å². The molecule has 1 aliphatic heterocycles. The molecule has 3 aromatic rings. The highest BCUT2D eigenvalue weighted by molar-refractivity contribution is 6.00. The van der Waals surface area contributed by atoms with E-state index in [1.54, 1.807) is 0 Å². The van der Waals surface area contributed by atoms with Crippen LogP contribution in [-0.2, 0) is 0 Å². The molecule has 0 atom stereocenters. The maximum absolute atomic E-state index is 4.82. The molecule has 1 aliphatic rings. The van der Waals surface area contributed by atoms with E-state index in [1.807, 2.05) is 10.0 Å². The van der Waals surface area contributed by atoms with E-state index in [9.17, 15) is 0 Å². The highest BCUT2D eigenvalue weighted by Crippen LogP contribution is 2.23. The fraction of sp³-hybridized carbons (Fsp3) is 0.174. The van der Waals surface area contributed by atoms with E-state index in [0.717, 1.165) is 16.9 Å². The van der Waals surface area contributed by atoms with Crippen LogP contribution in [0, 0.1) is 20.8 Å². The summed E-state index contributed by atoms with van der Waals surface area (Å²) in [5.74, 6) is 0.711. The minimum absolute atomic E-state index is 0.571. The predicted molar refractivity (Wildman–Crippen MR) is 112 cm³/mol. The zero-order valence-corrected chi connectivity index (χ0v) is 15.9. The second-order valence-electron chi connectivity index (χ2n) is 7.00. The zero-order chi connectivity index (χ0) is 18.8. The lowest BCUT2D eigenvalue weighted by Crippen LogP contribution is -2.48. The van der Waals surface area contributed by atoms with Gasteiger partial charge in [0.1, 0.15) is 6.67 Å². The van der Waals surface area contributed by atoms with E-state index >= 15 is 0 Å². The van der Waals surface area contributed by atoms with Crippen molar-refractivity contribution in [2.24, 2.45) is 5.10 Å². The Kier molecular flexibility index (Phi) is 4.55. The summed E-state index contributed by atoms with van der Waals surface area (Å²) in [5.41, 5.74) is 11.6. The summed E-state index contributed by atoms with van der Waals surface area (Å²) >= 11 is 0. The third kappa shape index (κ3) is 3.80. The summed E-state index contributed by atoms with van der Waals surface area (Å²) in [6.07, 6.45) is 0. The number of benzene rings is 3. The third-order valence-electron chi connectivity index (χ3n) is 4.67. The fourth-order valence-corrected chi connectivity index (χ4v) is 2.97. The van der Waals surface area contributed by atoms with E-state index in [4.69, 9.17) is 10.5 Å². The minimum Gasteiger partial charge on any atom is -0.242 e. The number of aryl methyl sites for hydroxylation is 3. The largest absolute Gasteiger partial charge is 0.242 e. The van der Waals surface area contributed by atoms with Gasteiger partial charge in [0.15, 0.2) is 5.84 Å². The van der Waals surface area contributed by atoms with Crippen LogP contribution >= 0.6 is 0 Å². The number of amidine groups is 1. The van der Waals surface area contributed by atoms with Crippen molar-refractivity contribution in [1.29, 1.82) is 0 Å². The monoisotopic (exact) mass is 355 g/mol. The number of rotatable bonds is 3. The summed E-state index contributed by atoms with van der Waals surface area (Å²) in [7, 11) is 0. The molecule has 4 heteroatoms. The number of hydrogen-bond donors (Lipinski definition) is 0. The van der Waals surface area contributed by atoms with Gasteiger partial charge in [0.25, 0.3) is 0 Å². The Morgan fingerprint density at radius 1 is 0.593 bits per heavy atom. The van der Waals surface area contributed by atoms with Gasteiger partial charge >= 0.3 is 0 Å². The molecule has 0 fully saturated rings. The molecular formula is C23H23N4. The quantitative estimate of drug-likeness (QED) is 0.677. The molecule has 0 amide bonds. The van der Waals surface area contributed by atoms with Crippen LogP contribution in [0.15, 0.2) is 77.9 Å². The lowest BCUT2D eigenvalue weighted by molar-refractivity contribution is 0.671. The molecule has 0 aromatic heterocycles. The van der Waals surface area contributed by atoms with Gasteiger partial charge in [-0.05, 0) is 45.0 Å². The van der Waals surface area contributed by atoms with Crippen LogP contribution in [0.5, 0.6) is 0 Å². The molecule has 0 saturated carbocycles. The summed E-state index contributed by atoms with van der Waals surface area (Å²) in [5, 5.41) is 8.82. The van der Waals surface area contributed by atoms with Gasteiger partial charge in [-0.2, -0.15) is 0 Å². The van der Waals surface area contributed by atoms with E-state index < -0.39 is 0 Å². The molecule has 0 unspecified atom stereocenters. The zero-order valence-electron chi connectivity index (χ0n) is 15.9. The molecule has 1 radical (unpaired) electrons. The first-order valence-electron chi connectivity index (χ1n) is 9.14. The number of nitrogens with zero attached hydrogens (tertiary/aromatic N) is 4. The molecule has 0 saturated heterocycles. The van der Waals surface area contributed by atoms with Crippen molar-refractivity contribution in [3.63, 3.8) is 0 Å². The number of anilines is 2. The third-order valence-corrected chi connectivity index (χ3v) is 4.67. The van der Waals surface area contributed by atoms with Gasteiger partial charge in [0.2, 0.25) is 0 Å². The smallest absolute Gasteiger partial charge is 0.199 e. The summed E-state index contributed by atoms with van der Waals surface area (Å²) in [4.78, 5) is 0. The van der Waals surface area contributed by atoms with Gasteiger partial charge in [0.05, 0.1) is 11.4 Å². The second-order valence-corrected chi connectivity index (χ2v) is 7.00. The Balaban J connectivity index is 1.72. The molecule has 135 valence electrons. The average molecular weight is 355 g/mol. The molecule has 0 bridgehead atoms. The predicted octanol–water partition coefficient (Wildman–Crippen LogP) is 4.78. The molecule has 27 heavy (non-hydrogen) atoms. The standard InChI is InChI=1S/C23H23N4/c1-17-4-10-20(11-5-17)23-24-26(21-12-6-18(2)7-13-21)16-27(25-23)22-14-8-19(3)9-15-22/h4-15H,16H2,1-3H3. The lowest BCUT2D eigenvalue weighted by Gasteiger charge is -2.34. The van der Waals surface area contributed by atoms with Crippen LogP contribution in [0.2, 0.25) is 0 Å². The maximum atomic E-state index is 4.82. The second kappa shape index (κ2) is 7.16. The van der Waals surface area contributed by atoms with Gasteiger partial charge < -0.3 is 0 Å². The van der Waals surface area contributed by atoms with Gasteiger partial charge in [-0.25, -0.2) is 10.0 Å². The summed E-state index contributed by atoms with van der Waals surface area (Å²) < 4.78 is 0. The van der Waals surface area contributed by atoms with Crippen LogP contribution < -0.4 is 15.4 Å². The molecule has 0 N–H and O–H groups in total. The molecule has 3 aromatic carbocycles. The molecule has 4 rings (SSSR count). The molecule has 4 nitrogen and oxygen atoms in total. The summed E-state index contributed by atoms with van der Waals surface area (Å²) in [6.45, 7) is 6.84. The van der Waals surface area contributed by atoms with Gasteiger partial charge in [0, 0.05) is 5.56 Å². The van der Waals surface area contributed by atoms with Gasteiger partial charge in [-0.15, -0.1) is 10.5 Å². The SMILES string of the molecule is Cc1ccc(C2=NN(c3ccc(C)cc3)CN(c3ccc(C)cc3)[N]2)cc1. The maximum Gasteiger partial charge on any atom is 0.199 e. The van der Waals surface area contributed by atoms with E-state index in [-0.39, 0.29) is 0 Å². The molecular weight excluding hydrogens is 332 g/mol. The highest BCUT2D eigenvalue weighted by atomic mass is 15.7. The first kappa shape index (κ1) is 17.2. The Morgan fingerprint density at radius 2 is 1.04 bits per heavy atom. The Hall–Kier alpha value is -3.27. The van der Waals surface area contributed by atoms with E-state index in [1.165, 1.54) is 16.7 Å². The number of hydrogen-bond acceptors (Lipinski definition) is 3. The van der Waals surface area contributed by atoms with Crippen molar-refractivity contribution < 1.29 is 0 Å². The van der Waals surface area contributed by atoms with Gasteiger partial charge in [-0.3, -0.25) is 0 Å². The molecule has 0 spiro atoms. The molecule has 0 aliphatic carbocycles. The van der Waals surface area contributed by atoms with Crippen LogP contribution in [0.4, 0.5) is 11.4 Å². The summed E-state index contributed by atoms with van der Waals surface area (Å²) in [6, 6.07) is 25.2. The van der Waals surface area contributed by atoms with Crippen molar-refractivity contribution >= 4 is 17.2 Å². The average Bonchev–Trinajstić information content (AvgIpc) is 2.69. The highest BCUT2D eigenvalue weighted by Gasteiger charge is 2.23. The number of hydrazone groups is 1. The van der Waals surface area contributed by atoms with Crippen molar-refractivity contribution in [2.75, 3.05) is 16.7 Å². The van der Waals surface area contributed by atoms with E-state index in [0.29, 0.717) is 12.5 Å². The van der Waals surface area contributed by atoms with Gasteiger partial charge in [-0.1, -0.05) is 65.2 Å². The van der Waals surface area contributed by atoms with Crippen LogP contribution in [0.25, 0.3) is 0 Å². The topological polar surface area (TPSA) is 32.9 Å². The van der Waals surface area contributed by atoms with Crippen molar-refractivity contribution in [3.05, 3.63) is 95.1 Å². The van der Waals surface area contributed by atoms with Crippen LogP contribution in [-0.4, -0.2) is 12.5 Å². The van der Waals surface area contributed by atoms with Crippen LogP contribution in [0.1, 0.15) is 22.3 Å². The minimum atomic E-state index is 0.571. The fourth-order valence-electron chi connectivity index (χ4n) is 2.97. The molecule has 1 heterocycles. The first-order valence-corrected chi connectivity index (χ1v) is 9.14. The Labute approximate surface area is 160 Å². The van der Waals surface area contributed by atoms with Crippen molar-refractivity contribution in [3.8, 4) is 0 Å². The van der Waals surface area contributed by atoms with Crippen molar-refractivity contribution in [2.45, 2.75) is 20.8 Å². The first-order chi connectivity index (χ1) is 13.1. The normalized spacial score (nSPS) is 14.0.